The number of carbonyl (C=O) groups is 2. The molecule has 2 amide bonds. The lowest BCUT2D eigenvalue weighted by molar-refractivity contribution is -0.137. The number of urea groups is 1. The Morgan fingerprint density at radius 3 is 2.71 bits per heavy atom. The molecule has 0 saturated heterocycles. The summed E-state index contributed by atoms with van der Waals surface area (Å²) in [6, 6.07) is -0.337. The topological polar surface area (TPSA) is 82.5 Å². The Bertz CT molecular complexity index is 504. The minimum atomic E-state index is -0.904. The van der Waals surface area contributed by atoms with Crippen LogP contribution in [-0.4, -0.2) is 39.6 Å². The van der Waals surface area contributed by atoms with E-state index in [-0.39, 0.29) is 25.0 Å². The number of hydrogen-bond acceptors (Lipinski definition) is 4. The zero-order valence-corrected chi connectivity index (χ0v) is 13.2. The fourth-order valence-corrected chi connectivity index (χ4v) is 3.42. The smallest absolute Gasteiger partial charge is 0.323 e. The Morgan fingerprint density at radius 1 is 1.38 bits per heavy atom. The number of hydrogen-bond donors (Lipinski definition) is 2. The van der Waals surface area contributed by atoms with Crippen LogP contribution in [-0.2, 0) is 17.6 Å². The summed E-state index contributed by atoms with van der Waals surface area (Å²) >= 11 is 1.53. The number of thiazole rings is 1. The van der Waals surface area contributed by atoms with Gasteiger partial charge >= 0.3 is 12.0 Å². The molecule has 0 fully saturated rings. The Hall–Kier alpha value is -1.63. The van der Waals surface area contributed by atoms with Crippen LogP contribution in [0.1, 0.15) is 43.7 Å². The van der Waals surface area contributed by atoms with E-state index >= 15 is 0 Å². The molecule has 1 aliphatic rings. The average molecular weight is 311 g/mol. The molecule has 21 heavy (non-hydrogen) atoms. The number of carboxylic acids is 1. The first kappa shape index (κ1) is 15.8. The normalized spacial score (nSPS) is 13.9. The van der Waals surface area contributed by atoms with Crippen molar-refractivity contribution >= 4 is 28.5 Å². The molecule has 1 aromatic rings. The summed E-state index contributed by atoms with van der Waals surface area (Å²) in [7, 11) is 0. The zero-order valence-electron chi connectivity index (χ0n) is 12.4. The molecule has 1 aliphatic carbocycles. The number of carbonyl (C=O) groups excluding carboxylic acids is 1. The number of aliphatic carboxylic acids is 1. The van der Waals surface area contributed by atoms with Gasteiger partial charge in [-0.05, 0) is 39.5 Å². The van der Waals surface area contributed by atoms with E-state index in [1.54, 1.807) is 0 Å². The number of nitrogens with zero attached hydrogens (tertiary/aromatic N) is 2. The highest BCUT2D eigenvalue weighted by atomic mass is 32.1. The van der Waals surface area contributed by atoms with Crippen LogP contribution in [0.15, 0.2) is 0 Å². The monoisotopic (exact) mass is 311 g/mol. The minimum absolute atomic E-state index is 0.0556. The predicted octanol–water partition coefficient (Wildman–Crippen LogP) is 2.74. The largest absolute Gasteiger partial charge is 0.481 e. The van der Waals surface area contributed by atoms with Crippen LogP contribution >= 0.6 is 11.3 Å². The highest BCUT2D eigenvalue weighted by Crippen LogP contribution is 2.29. The summed E-state index contributed by atoms with van der Waals surface area (Å²) in [4.78, 5) is 30.2. The first-order chi connectivity index (χ1) is 9.97. The molecule has 1 aromatic heterocycles. The molecule has 0 aliphatic heterocycles. The molecule has 0 aromatic carbocycles. The molecular weight excluding hydrogens is 290 g/mol. The third-order valence-electron chi connectivity index (χ3n) is 3.51. The zero-order chi connectivity index (χ0) is 15.4. The maximum Gasteiger partial charge on any atom is 0.323 e. The van der Waals surface area contributed by atoms with Crippen molar-refractivity contribution in [3.8, 4) is 0 Å². The van der Waals surface area contributed by atoms with Crippen LogP contribution in [0.4, 0.5) is 9.93 Å². The molecule has 7 heteroatoms. The highest BCUT2D eigenvalue weighted by molar-refractivity contribution is 7.15. The van der Waals surface area contributed by atoms with Gasteiger partial charge in [0.15, 0.2) is 5.13 Å². The van der Waals surface area contributed by atoms with Crippen molar-refractivity contribution in [1.29, 1.82) is 0 Å². The van der Waals surface area contributed by atoms with E-state index in [1.807, 2.05) is 13.8 Å². The van der Waals surface area contributed by atoms with Gasteiger partial charge < -0.3 is 10.0 Å². The van der Waals surface area contributed by atoms with E-state index in [0.717, 1.165) is 25.0 Å². The Balaban J connectivity index is 2.00. The lowest BCUT2D eigenvalue weighted by atomic mass is 10.0. The van der Waals surface area contributed by atoms with Crippen LogP contribution in [0.2, 0.25) is 0 Å². The number of carboxylic acid groups (broad SMARTS) is 1. The molecule has 2 rings (SSSR count). The number of aromatic nitrogens is 1. The quantitative estimate of drug-likeness (QED) is 0.876. The van der Waals surface area contributed by atoms with Crippen molar-refractivity contribution in [1.82, 2.24) is 9.88 Å². The summed E-state index contributed by atoms with van der Waals surface area (Å²) in [5, 5.41) is 12.2. The second kappa shape index (κ2) is 6.89. The van der Waals surface area contributed by atoms with Crippen LogP contribution in [0.25, 0.3) is 0 Å². The van der Waals surface area contributed by atoms with Crippen LogP contribution < -0.4 is 5.32 Å². The fourth-order valence-electron chi connectivity index (χ4n) is 2.38. The lowest BCUT2D eigenvalue weighted by Gasteiger charge is -2.25. The van der Waals surface area contributed by atoms with Gasteiger partial charge in [-0.1, -0.05) is 0 Å². The van der Waals surface area contributed by atoms with Gasteiger partial charge in [0.2, 0.25) is 0 Å². The van der Waals surface area contributed by atoms with Crippen molar-refractivity contribution in [3.63, 3.8) is 0 Å². The van der Waals surface area contributed by atoms with Gasteiger partial charge in [-0.2, -0.15) is 0 Å². The van der Waals surface area contributed by atoms with E-state index in [2.05, 4.69) is 10.3 Å². The van der Waals surface area contributed by atoms with Gasteiger partial charge in [-0.25, -0.2) is 9.78 Å². The van der Waals surface area contributed by atoms with Crippen molar-refractivity contribution in [2.75, 3.05) is 11.9 Å². The second-order valence-electron chi connectivity index (χ2n) is 5.46. The second-order valence-corrected chi connectivity index (χ2v) is 6.54. The number of anilines is 1. The summed E-state index contributed by atoms with van der Waals surface area (Å²) in [5.41, 5.74) is 1.10. The molecule has 1 heterocycles. The lowest BCUT2D eigenvalue weighted by Crippen LogP contribution is -2.41. The third-order valence-corrected chi connectivity index (χ3v) is 4.58. The van der Waals surface area contributed by atoms with E-state index in [0.29, 0.717) is 5.13 Å². The van der Waals surface area contributed by atoms with Gasteiger partial charge in [0, 0.05) is 17.5 Å². The molecule has 0 bridgehead atoms. The van der Waals surface area contributed by atoms with E-state index in [1.165, 1.54) is 27.5 Å². The maximum atomic E-state index is 12.3. The first-order valence-corrected chi connectivity index (χ1v) is 8.07. The molecule has 2 N–H and O–H groups in total. The van der Waals surface area contributed by atoms with Gasteiger partial charge in [0.1, 0.15) is 0 Å². The SMILES string of the molecule is CC(C)N(CCC(=O)O)C(=O)Nc1nc2c(s1)CCCC2. The number of aryl methyl sites for hydroxylation is 2. The number of rotatable bonds is 5. The molecule has 0 spiro atoms. The van der Waals surface area contributed by atoms with Crippen molar-refractivity contribution in [2.24, 2.45) is 0 Å². The Morgan fingerprint density at radius 2 is 2.10 bits per heavy atom. The molecule has 116 valence electrons. The van der Waals surface area contributed by atoms with Crippen molar-refractivity contribution in [2.45, 2.75) is 52.0 Å². The van der Waals surface area contributed by atoms with Crippen molar-refractivity contribution < 1.29 is 14.7 Å². The number of amides is 2. The van der Waals surface area contributed by atoms with Crippen LogP contribution in [0.3, 0.4) is 0 Å². The molecule has 0 atom stereocenters. The Labute approximate surface area is 128 Å². The average Bonchev–Trinajstić information content (AvgIpc) is 2.79. The highest BCUT2D eigenvalue weighted by Gasteiger charge is 2.21. The van der Waals surface area contributed by atoms with Gasteiger partial charge in [0.05, 0.1) is 12.1 Å². The van der Waals surface area contributed by atoms with Gasteiger partial charge in [0.25, 0.3) is 0 Å². The summed E-state index contributed by atoms with van der Waals surface area (Å²) in [6.07, 6.45) is 4.30. The number of fused-ring (bicyclic) bond motifs is 1. The predicted molar refractivity (Wildman–Crippen MR) is 81.9 cm³/mol. The minimum Gasteiger partial charge on any atom is -0.481 e. The summed E-state index contributed by atoms with van der Waals surface area (Å²) in [5.74, 6) is -0.904. The molecule has 0 saturated carbocycles. The molecule has 0 unspecified atom stereocenters. The standard InChI is InChI=1S/C14H21N3O3S/c1-9(2)17(8-7-12(18)19)14(20)16-13-15-10-5-3-4-6-11(10)21-13/h9H,3-8H2,1-2H3,(H,18,19)(H,15,16,20). The van der Waals surface area contributed by atoms with Crippen molar-refractivity contribution in [3.05, 3.63) is 10.6 Å². The summed E-state index contributed by atoms with van der Waals surface area (Å²) in [6.45, 7) is 3.94. The molecule has 0 radical (unpaired) electrons. The third kappa shape index (κ3) is 4.17. The Kier molecular flexibility index (Phi) is 5.17. The van der Waals surface area contributed by atoms with E-state index in [9.17, 15) is 9.59 Å². The fraction of sp³-hybridized carbons (Fsp3) is 0.643. The van der Waals surface area contributed by atoms with Gasteiger partial charge in [-0.3, -0.25) is 10.1 Å². The molecule has 6 nitrogen and oxygen atoms in total. The molecular formula is C14H21N3O3S. The van der Waals surface area contributed by atoms with Gasteiger partial charge in [-0.15, -0.1) is 11.3 Å². The summed E-state index contributed by atoms with van der Waals surface area (Å²) < 4.78 is 0. The van der Waals surface area contributed by atoms with Crippen LogP contribution in [0, 0.1) is 0 Å². The van der Waals surface area contributed by atoms with E-state index in [4.69, 9.17) is 5.11 Å². The first-order valence-electron chi connectivity index (χ1n) is 7.25. The van der Waals surface area contributed by atoms with Crippen LogP contribution in [0.5, 0.6) is 0 Å². The van der Waals surface area contributed by atoms with E-state index < -0.39 is 5.97 Å². The maximum absolute atomic E-state index is 12.3. The number of nitrogens with one attached hydrogen (secondary N) is 1.